The van der Waals surface area contributed by atoms with Gasteiger partial charge in [0.2, 0.25) is 5.91 Å². The number of nitrogens with zero attached hydrogens (tertiary/aromatic N) is 2. The van der Waals surface area contributed by atoms with Crippen molar-refractivity contribution in [3.8, 4) is 0 Å². The van der Waals surface area contributed by atoms with Crippen molar-refractivity contribution in [3.63, 3.8) is 0 Å². The van der Waals surface area contributed by atoms with Gasteiger partial charge in [0, 0.05) is 18.5 Å². The quantitative estimate of drug-likeness (QED) is 0.815. The van der Waals surface area contributed by atoms with Crippen LogP contribution >= 0.6 is 22.7 Å². The van der Waals surface area contributed by atoms with Gasteiger partial charge in [0.1, 0.15) is 0 Å². The molecule has 0 aliphatic carbocycles. The van der Waals surface area contributed by atoms with E-state index in [1.54, 1.807) is 17.4 Å². The van der Waals surface area contributed by atoms with Gasteiger partial charge in [-0.2, -0.15) is 0 Å². The summed E-state index contributed by atoms with van der Waals surface area (Å²) >= 11 is 3.02. The standard InChI is InChI=1S/C16H19N3O2S2/c1-11(20)14-6-12(9-22-14)7-15(21)17-8-13-10-23-16(18-13)19-4-2-3-5-19/h6,9-10H,2-5,7-8H2,1H3,(H,17,21). The molecule has 0 radical (unpaired) electrons. The lowest BCUT2D eigenvalue weighted by molar-refractivity contribution is -0.120. The summed E-state index contributed by atoms with van der Waals surface area (Å²) in [6, 6.07) is 1.79. The molecule has 3 heterocycles. The summed E-state index contributed by atoms with van der Waals surface area (Å²) in [5.41, 5.74) is 1.79. The molecule has 0 atom stereocenters. The molecule has 2 aromatic rings. The molecule has 2 aromatic heterocycles. The largest absolute Gasteiger partial charge is 0.350 e. The lowest BCUT2D eigenvalue weighted by atomic mass is 10.2. The molecule has 1 saturated heterocycles. The lowest BCUT2D eigenvalue weighted by Crippen LogP contribution is -2.24. The van der Waals surface area contributed by atoms with E-state index in [0.717, 1.165) is 29.5 Å². The average molecular weight is 349 g/mol. The highest BCUT2D eigenvalue weighted by molar-refractivity contribution is 7.13. The van der Waals surface area contributed by atoms with E-state index in [2.05, 4.69) is 15.2 Å². The van der Waals surface area contributed by atoms with Crippen molar-refractivity contribution >= 4 is 39.5 Å². The second-order valence-electron chi connectivity index (χ2n) is 5.64. The van der Waals surface area contributed by atoms with E-state index >= 15 is 0 Å². The molecule has 0 saturated carbocycles. The fraction of sp³-hybridized carbons (Fsp3) is 0.438. The molecule has 0 bridgehead atoms. The molecule has 1 aliphatic heterocycles. The molecule has 5 nitrogen and oxygen atoms in total. The Morgan fingerprint density at radius 1 is 1.26 bits per heavy atom. The van der Waals surface area contributed by atoms with Crippen molar-refractivity contribution in [2.24, 2.45) is 0 Å². The summed E-state index contributed by atoms with van der Waals surface area (Å²) in [4.78, 5) is 30.8. The highest BCUT2D eigenvalue weighted by atomic mass is 32.1. The van der Waals surface area contributed by atoms with Crippen LogP contribution in [0.15, 0.2) is 16.8 Å². The number of Topliss-reactive ketones (excluding diaryl/α,β-unsaturated/α-hetero) is 1. The highest BCUT2D eigenvalue weighted by Crippen LogP contribution is 2.24. The van der Waals surface area contributed by atoms with Gasteiger partial charge in [-0.1, -0.05) is 0 Å². The molecule has 0 spiro atoms. The number of aromatic nitrogens is 1. The predicted octanol–water partition coefficient (Wildman–Crippen LogP) is 2.87. The summed E-state index contributed by atoms with van der Waals surface area (Å²) in [7, 11) is 0. The number of nitrogens with one attached hydrogen (secondary N) is 1. The number of hydrogen-bond acceptors (Lipinski definition) is 6. The van der Waals surface area contributed by atoms with E-state index in [1.807, 2.05) is 10.8 Å². The minimum Gasteiger partial charge on any atom is -0.350 e. The molecule has 0 aromatic carbocycles. The third kappa shape index (κ3) is 4.17. The fourth-order valence-electron chi connectivity index (χ4n) is 2.52. The number of carbonyl (C=O) groups excluding carboxylic acids is 2. The Morgan fingerprint density at radius 2 is 2.04 bits per heavy atom. The zero-order valence-corrected chi connectivity index (χ0v) is 14.6. The molecule has 1 N–H and O–H groups in total. The Hall–Kier alpha value is -1.73. The van der Waals surface area contributed by atoms with E-state index in [9.17, 15) is 9.59 Å². The maximum atomic E-state index is 12.0. The topological polar surface area (TPSA) is 62.3 Å². The monoisotopic (exact) mass is 349 g/mol. The van der Waals surface area contributed by atoms with E-state index < -0.39 is 0 Å². The van der Waals surface area contributed by atoms with Gasteiger partial charge in [0.05, 0.1) is 23.5 Å². The molecule has 1 aliphatic rings. The summed E-state index contributed by atoms with van der Waals surface area (Å²) in [5.74, 6) is -0.00722. The summed E-state index contributed by atoms with van der Waals surface area (Å²) in [6.07, 6.45) is 2.76. The first-order valence-electron chi connectivity index (χ1n) is 7.66. The molecule has 1 fully saturated rings. The van der Waals surface area contributed by atoms with E-state index in [0.29, 0.717) is 17.8 Å². The summed E-state index contributed by atoms with van der Waals surface area (Å²) < 4.78 is 0. The molecular weight excluding hydrogens is 330 g/mol. The maximum Gasteiger partial charge on any atom is 0.224 e. The average Bonchev–Trinajstić information content (AvgIpc) is 3.25. The second kappa shape index (κ2) is 7.23. The number of thiophene rings is 1. The van der Waals surface area contributed by atoms with Crippen molar-refractivity contribution in [3.05, 3.63) is 33.0 Å². The normalized spacial score (nSPS) is 14.2. The van der Waals surface area contributed by atoms with Crippen LogP contribution < -0.4 is 10.2 Å². The smallest absolute Gasteiger partial charge is 0.224 e. The number of hydrogen-bond donors (Lipinski definition) is 1. The zero-order chi connectivity index (χ0) is 16.2. The Kier molecular flexibility index (Phi) is 5.07. The van der Waals surface area contributed by atoms with Crippen molar-refractivity contribution in [2.75, 3.05) is 18.0 Å². The number of thiazole rings is 1. The first-order valence-corrected chi connectivity index (χ1v) is 9.42. The van der Waals surface area contributed by atoms with Gasteiger partial charge >= 0.3 is 0 Å². The third-order valence-electron chi connectivity index (χ3n) is 3.75. The zero-order valence-electron chi connectivity index (χ0n) is 13.0. The van der Waals surface area contributed by atoms with Crippen LogP contribution in [-0.2, 0) is 17.8 Å². The predicted molar refractivity (Wildman–Crippen MR) is 93.4 cm³/mol. The SMILES string of the molecule is CC(=O)c1cc(CC(=O)NCc2csc(N3CCCC3)n2)cs1. The third-order valence-corrected chi connectivity index (χ3v) is 5.78. The van der Waals surface area contributed by atoms with Crippen LogP contribution in [0.3, 0.4) is 0 Å². The van der Waals surface area contributed by atoms with Crippen molar-refractivity contribution in [1.82, 2.24) is 10.3 Å². The first kappa shape index (κ1) is 16.1. The number of amides is 1. The van der Waals surface area contributed by atoms with E-state index in [-0.39, 0.29) is 11.7 Å². The van der Waals surface area contributed by atoms with Crippen LogP contribution in [0.2, 0.25) is 0 Å². The maximum absolute atomic E-state index is 12.0. The minimum atomic E-state index is -0.0476. The fourth-order valence-corrected chi connectivity index (χ4v) is 4.22. The summed E-state index contributed by atoms with van der Waals surface area (Å²) in [6.45, 7) is 4.15. The van der Waals surface area contributed by atoms with Crippen LogP contribution in [0.1, 0.15) is 40.7 Å². The van der Waals surface area contributed by atoms with Gasteiger partial charge in [-0.15, -0.1) is 22.7 Å². The molecule has 23 heavy (non-hydrogen) atoms. The van der Waals surface area contributed by atoms with Crippen molar-refractivity contribution in [1.29, 1.82) is 0 Å². The molecule has 3 rings (SSSR count). The van der Waals surface area contributed by atoms with Crippen LogP contribution in [0.5, 0.6) is 0 Å². The number of anilines is 1. The lowest BCUT2D eigenvalue weighted by Gasteiger charge is -2.12. The molecule has 1 amide bonds. The Bertz CT molecular complexity index is 702. The number of carbonyl (C=O) groups is 2. The molecule has 7 heteroatoms. The summed E-state index contributed by atoms with van der Waals surface area (Å²) in [5, 5.41) is 7.82. The minimum absolute atomic E-state index is 0.0403. The van der Waals surface area contributed by atoms with Gasteiger partial charge in [-0.25, -0.2) is 4.98 Å². The van der Waals surface area contributed by atoms with Gasteiger partial charge in [-0.05, 0) is 36.8 Å². The van der Waals surface area contributed by atoms with E-state index in [1.165, 1.54) is 31.1 Å². The van der Waals surface area contributed by atoms with E-state index in [4.69, 9.17) is 0 Å². The van der Waals surface area contributed by atoms with Crippen LogP contribution in [-0.4, -0.2) is 29.8 Å². The van der Waals surface area contributed by atoms with Crippen molar-refractivity contribution < 1.29 is 9.59 Å². The number of rotatable bonds is 6. The Morgan fingerprint density at radius 3 is 2.74 bits per heavy atom. The Balaban J connectivity index is 1.49. The van der Waals surface area contributed by atoms with Crippen molar-refractivity contribution in [2.45, 2.75) is 32.7 Å². The second-order valence-corrected chi connectivity index (χ2v) is 7.39. The highest BCUT2D eigenvalue weighted by Gasteiger charge is 2.16. The van der Waals surface area contributed by atoms with Gasteiger partial charge in [0.15, 0.2) is 10.9 Å². The Labute approximate surface area is 143 Å². The molecular formula is C16H19N3O2S2. The van der Waals surface area contributed by atoms with Gasteiger partial charge in [-0.3, -0.25) is 9.59 Å². The van der Waals surface area contributed by atoms with Gasteiger partial charge < -0.3 is 10.2 Å². The number of ketones is 1. The first-order chi connectivity index (χ1) is 11.1. The van der Waals surface area contributed by atoms with Gasteiger partial charge in [0.25, 0.3) is 0 Å². The molecule has 122 valence electrons. The van der Waals surface area contributed by atoms with Crippen LogP contribution in [0, 0.1) is 0 Å². The molecule has 0 unspecified atom stereocenters. The van der Waals surface area contributed by atoms with Crippen LogP contribution in [0.25, 0.3) is 0 Å². The van der Waals surface area contributed by atoms with Crippen LogP contribution in [0.4, 0.5) is 5.13 Å².